The SMILES string of the molecule is COCc1ccccc1CNC(=O)c1ccc(OC)nc1. The maximum absolute atomic E-state index is 12.1. The smallest absolute Gasteiger partial charge is 0.253 e. The van der Waals surface area contributed by atoms with E-state index in [0.29, 0.717) is 24.6 Å². The van der Waals surface area contributed by atoms with Crippen LogP contribution in [0.15, 0.2) is 42.6 Å². The number of nitrogens with zero attached hydrogens (tertiary/aromatic N) is 1. The molecule has 0 aliphatic rings. The molecule has 0 atom stereocenters. The second-order valence-corrected chi connectivity index (χ2v) is 4.47. The summed E-state index contributed by atoms with van der Waals surface area (Å²) in [5.74, 6) is 0.314. The van der Waals surface area contributed by atoms with E-state index < -0.39 is 0 Å². The number of carbonyl (C=O) groups excluding carboxylic acids is 1. The highest BCUT2D eigenvalue weighted by molar-refractivity contribution is 5.93. The molecule has 1 heterocycles. The van der Waals surface area contributed by atoms with Gasteiger partial charge in [-0.1, -0.05) is 24.3 Å². The first kappa shape index (κ1) is 15.0. The molecule has 1 aromatic heterocycles. The van der Waals surface area contributed by atoms with Gasteiger partial charge in [0.1, 0.15) is 0 Å². The predicted molar refractivity (Wildman–Crippen MR) is 79.1 cm³/mol. The topological polar surface area (TPSA) is 60.5 Å². The van der Waals surface area contributed by atoms with Crippen LogP contribution in [0.1, 0.15) is 21.5 Å². The number of rotatable bonds is 6. The molecule has 0 spiro atoms. The lowest BCUT2D eigenvalue weighted by Gasteiger charge is -2.10. The number of aromatic nitrogens is 1. The molecule has 0 bridgehead atoms. The fraction of sp³-hybridized carbons (Fsp3) is 0.250. The number of amides is 1. The van der Waals surface area contributed by atoms with Crippen LogP contribution >= 0.6 is 0 Å². The van der Waals surface area contributed by atoms with Crippen molar-refractivity contribution in [3.8, 4) is 5.88 Å². The molecule has 0 radical (unpaired) electrons. The minimum absolute atomic E-state index is 0.169. The normalized spacial score (nSPS) is 10.2. The Morgan fingerprint density at radius 2 is 1.90 bits per heavy atom. The number of pyridine rings is 1. The van der Waals surface area contributed by atoms with Crippen LogP contribution < -0.4 is 10.1 Å². The van der Waals surface area contributed by atoms with Crippen molar-refractivity contribution < 1.29 is 14.3 Å². The van der Waals surface area contributed by atoms with Gasteiger partial charge in [0.05, 0.1) is 19.3 Å². The van der Waals surface area contributed by atoms with E-state index in [-0.39, 0.29) is 5.91 Å². The van der Waals surface area contributed by atoms with E-state index in [1.165, 1.54) is 13.3 Å². The number of nitrogens with one attached hydrogen (secondary N) is 1. The van der Waals surface area contributed by atoms with Gasteiger partial charge in [0.2, 0.25) is 5.88 Å². The third-order valence-electron chi connectivity index (χ3n) is 3.07. The second kappa shape index (κ2) is 7.40. The molecule has 5 nitrogen and oxygen atoms in total. The highest BCUT2D eigenvalue weighted by Gasteiger charge is 2.08. The monoisotopic (exact) mass is 286 g/mol. The Morgan fingerprint density at radius 1 is 1.14 bits per heavy atom. The van der Waals surface area contributed by atoms with Gasteiger partial charge in [0.25, 0.3) is 5.91 Å². The van der Waals surface area contributed by atoms with E-state index in [1.807, 2.05) is 24.3 Å². The number of benzene rings is 1. The van der Waals surface area contributed by atoms with Gasteiger partial charge in [-0.25, -0.2) is 4.98 Å². The molecule has 1 amide bonds. The van der Waals surface area contributed by atoms with Crippen molar-refractivity contribution in [2.75, 3.05) is 14.2 Å². The molecular weight excluding hydrogens is 268 g/mol. The van der Waals surface area contributed by atoms with E-state index in [9.17, 15) is 4.79 Å². The molecule has 2 aromatic rings. The van der Waals surface area contributed by atoms with Crippen LogP contribution in [0.2, 0.25) is 0 Å². The molecule has 0 aliphatic carbocycles. The summed E-state index contributed by atoms with van der Waals surface area (Å²) in [4.78, 5) is 16.1. The highest BCUT2D eigenvalue weighted by Crippen LogP contribution is 2.11. The Labute approximate surface area is 123 Å². The summed E-state index contributed by atoms with van der Waals surface area (Å²) >= 11 is 0. The van der Waals surface area contributed by atoms with Crippen molar-refractivity contribution in [2.24, 2.45) is 0 Å². The van der Waals surface area contributed by atoms with Crippen molar-refractivity contribution in [3.05, 3.63) is 59.3 Å². The maximum Gasteiger partial charge on any atom is 0.253 e. The summed E-state index contributed by atoms with van der Waals surface area (Å²) in [6.45, 7) is 0.973. The molecule has 21 heavy (non-hydrogen) atoms. The van der Waals surface area contributed by atoms with Crippen molar-refractivity contribution in [2.45, 2.75) is 13.2 Å². The molecule has 110 valence electrons. The molecule has 0 aliphatic heterocycles. The number of hydrogen-bond acceptors (Lipinski definition) is 4. The minimum Gasteiger partial charge on any atom is -0.481 e. The van der Waals surface area contributed by atoms with Gasteiger partial charge in [-0.15, -0.1) is 0 Å². The Balaban J connectivity index is 2.00. The molecule has 0 saturated heterocycles. The van der Waals surface area contributed by atoms with E-state index >= 15 is 0 Å². The summed E-state index contributed by atoms with van der Waals surface area (Å²) in [5, 5.41) is 2.88. The van der Waals surface area contributed by atoms with Crippen LogP contribution in [-0.4, -0.2) is 25.1 Å². The second-order valence-electron chi connectivity index (χ2n) is 4.47. The zero-order valence-corrected chi connectivity index (χ0v) is 12.1. The van der Waals surface area contributed by atoms with Gasteiger partial charge >= 0.3 is 0 Å². The number of carbonyl (C=O) groups is 1. The average molecular weight is 286 g/mol. The lowest BCUT2D eigenvalue weighted by atomic mass is 10.1. The maximum atomic E-state index is 12.1. The quantitative estimate of drug-likeness (QED) is 0.884. The van der Waals surface area contributed by atoms with Gasteiger partial charge in [-0.2, -0.15) is 0 Å². The van der Waals surface area contributed by atoms with Gasteiger partial charge < -0.3 is 14.8 Å². The van der Waals surface area contributed by atoms with E-state index in [2.05, 4.69) is 10.3 Å². The zero-order valence-electron chi connectivity index (χ0n) is 12.1. The van der Waals surface area contributed by atoms with Gasteiger partial charge in [0, 0.05) is 25.9 Å². The highest BCUT2D eigenvalue weighted by atomic mass is 16.5. The summed E-state index contributed by atoms with van der Waals surface area (Å²) in [7, 11) is 3.19. The Morgan fingerprint density at radius 3 is 2.52 bits per heavy atom. The van der Waals surface area contributed by atoms with Gasteiger partial charge in [0.15, 0.2) is 0 Å². The first-order valence-corrected chi connectivity index (χ1v) is 6.58. The molecule has 2 rings (SSSR count). The fourth-order valence-corrected chi connectivity index (χ4v) is 1.94. The van der Waals surface area contributed by atoms with Crippen molar-refractivity contribution in [3.63, 3.8) is 0 Å². The summed E-state index contributed by atoms with van der Waals surface area (Å²) < 4.78 is 10.1. The molecular formula is C16H18N2O3. The third kappa shape index (κ3) is 4.03. The van der Waals surface area contributed by atoms with Crippen molar-refractivity contribution in [1.82, 2.24) is 10.3 Å². The van der Waals surface area contributed by atoms with Crippen LogP contribution in [-0.2, 0) is 17.9 Å². The number of ether oxygens (including phenoxy) is 2. The third-order valence-corrected chi connectivity index (χ3v) is 3.07. The zero-order chi connectivity index (χ0) is 15.1. The van der Waals surface area contributed by atoms with Gasteiger partial charge in [-0.05, 0) is 17.2 Å². The first-order valence-electron chi connectivity index (χ1n) is 6.58. The molecule has 5 heteroatoms. The van der Waals surface area contributed by atoms with Crippen LogP contribution in [0.25, 0.3) is 0 Å². The lowest BCUT2D eigenvalue weighted by molar-refractivity contribution is 0.0950. The molecule has 1 aromatic carbocycles. The fourth-order valence-electron chi connectivity index (χ4n) is 1.94. The van der Waals surface area contributed by atoms with Crippen molar-refractivity contribution >= 4 is 5.91 Å². The number of methoxy groups -OCH3 is 2. The summed E-state index contributed by atoms with van der Waals surface area (Å²) in [6.07, 6.45) is 1.50. The Kier molecular flexibility index (Phi) is 5.29. The van der Waals surface area contributed by atoms with E-state index in [1.54, 1.807) is 19.2 Å². The van der Waals surface area contributed by atoms with E-state index in [0.717, 1.165) is 11.1 Å². The van der Waals surface area contributed by atoms with Crippen LogP contribution in [0.4, 0.5) is 0 Å². The van der Waals surface area contributed by atoms with Crippen LogP contribution in [0, 0.1) is 0 Å². The van der Waals surface area contributed by atoms with Crippen molar-refractivity contribution in [1.29, 1.82) is 0 Å². The molecule has 0 fully saturated rings. The van der Waals surface area contributed by atoms with Crippen LogP contribution in [0.3, 0.4) is 0 Å². The Bertz CT molecular complexity index is 597. The first-order chi connectivity index (χ1) is 10.2. The lowest BCUT2D eigenvalue weighted by Crippen LogP contribution is -2.23. The number of hydrogen-bond donors (Lipinski definition) is 1. The van der Waals surface area contributed by atoms with Gasteiger partial charge in [-0.3, -0.25) is 4.79 Å². The predicted octanol–water partition coefficient (Wildman–Crippen LogP) is 2.17. The Hall–Kier alpha value is -2.40. The largest absolute Gasteiger partial charge is 0.481 e. The molecule has 1 N–H and O–H groups in total. The average Bonchev–Trinajstić information content (AvgIpc) is 2.54. The summed E-state index contributed by atoms with van der Waals surface area (Å²) in [6, 6.07) is 11.2. The summed E-state index contributed by atoms with van der Waals surface area (Å²) in [5.41, 5.74) is 2.60. The van der Waals surface area contributed by atoms with E-state index in [4.69, 9.17) is 9.47 Å². The van der Waals surface area contributed by atoms with Crippen LogP contribution in [0.5, 0.6) is 5.88 Å². The molecule has 0 unspecified atom stereocenters. The standard InChI is InChI=1S/C16H18N2O3/c1-20-11-14-6-4-3-5-12(14)9-18-16(19)13-7-8-15(21-2)17-10-13/h3-8,10H,9,11H2,1-2H3,(H,18,19). The molecule has 0 saturated carbocycles. The minimum atomic E-state index is -0.169.